The van der Waals surface area contributed by atoms with Gasteiger partial charge in [0.1, 0.15) is 4.60 Å². The summed E-state index contributed by atoms with van der Waals surface area (Å²) >= 11 is 3.12. The summed E-state index contributed by atoms with van der Waals surface area (Å²) < 4.78 is 0.476. The summed E-state index contributed by atoms with van der Waals surface area (Å²) in [5, 5.41) is 17.9. The van der Waals surface area contributed by atoms with Crippen LogP contribution in [0.1, 0.15) is 18.1 Å². The predicted molar refractivity (Wildman–Crippen MR) is 49.1 cm³/mol. The first kappa shape index (κ1) is 10.1. The summed E-state index contributed by atoms with van der Waals surface area (Å²) in [6.45, 7) is 0. The summed E-state index contributed by atoms with van der Waals surface area (Å²) in [5.74, 6) is -1.04. The standard InChI is InChI=1S/C8H8BrNO3/c9-8-5(2-1-3-10-8)6(11)4-7(12)13/h1-3,6,11H,4H2,(H,12,13)/t6-/m0/s1. The van der Waals surface area contributed by atoms with Crippen molar-refractivity contribution in [1.29, 1.82) is 0 Å². The molecule has 0 aliphatic rings. The molecule has 0 radical (unpaired) electrons. The van der Waals surface area contributed by atoms with Crippen molar-refractivity contribution in [1.82, 2.24) is 4.98 Å². The van der Waals surface area contributed by atoms with Crippen molar-refractivity contribution in [3.8, 4) is 0 Å². The lowest BCUT2D eigenvalue weighted by Gasteiger charge is -2.08. The van der Waals surface area contributed by atoms with Gasteiger partial charge in [-0.3, -0.25) is 4.79 Å². The number of aliphatic hydroxyl groups is 1. The van der Waals surface area contributed by atoms with Gasteiger partial charge in [0.05, 0.1) is 12.5 Å². The average molecular weight is 246 g/mol. The summed E-state index contributed by atoms with van der Waals surface area (Å²) in [6, 6.07) is 3.27. The third-order valence-electron chi connectivity index (χ3n) is 1.51. The van der Waals surface area contributed by atoms with Crippen LogP contribution in [0.25, 0.3) is 0 Å². The first-order valence-corrected chi connectivity index (χ1v) is 4.41. The zero-order chi connectivity index (χ0) is 9.84. The van der Waals surface area contributed by atoms with Crippen LogP contribution in [-0.4, -0.2) is 21.2 Å². The highest BCUT2D eigenvalue weighted by Crippen LogP contribution is 2.22. The second kappa shape index (κ2) is 4.34. The number of carboxylic acids is 1. The van der Waals surface area contributed by atoms with Gasteiger partial charge in [0.15, 0.2) is 0 Å². The Balaban J connectivity index is 2.82. The van der Waals surface area contributed by atoms with Crippen LogP contribution in [0.15, 0.2) is 22.9 Å². The number of carboxylic acid groups (broad SMARTS) is 1. The van der Waals surface area contributed by atoms with E-state index in [4.69, 9.17) is 5.11 Å². The molecule has 0 bridgehead atoms. The van der Waals surface area contributed by atoms with Gasteiger partial charge in [-0.2, -0.15) is 0 Å². The Morgan fingerprint density at radius 2 is 2.38 bits per heavy atom. The number of nitrogens with zero attached hydrogens (tertiary/aromatic N) is 1. The molecule has 0 saturated carbocycles. The number of hydrogen-bond acceptors (Lipinski definition) is 3. The van der Waals surface area contributed by atoms with Gasteiger partial charge in [0, 0.05) is 11.8 Å². The fourth-order valence-corrected chi connectivity index (χ4v) is 1.44. The lowest BCUT2D eigenvalue weighted by molar-refractivity contribution is -0.139. The molecule has 1 atom stereocenters. The molecular weight excluding hydrogens is 238 g/mol. The Kier molecular flexibility index (Phi) is 3.39. The fraction of sp³-hybridized carbons (Fsp3) is 0.250. The van der Waals surface area contributed by atoms with Crippen LogP contribution in [0.2, 0.25) is 0 Å². The number of aliphatic hydroxyl groups excluding tert-OH is 1. The molecule has 0 aliphatic heterocycles. The maximum atomic E-state index is 10.3. The number of rotatable bonds is 3. The molecule has 1 aromatic rings. The van der Waals surface area contributed by atoms with Gasteiger partial charge in [-0.1, -0.05) is 6.07 Å². The van der Waals surface area contributed by atoms with Crippen molar-refractivity contribution in [2.75, 3.05) is 0 Å². The number of halogens is 1. The highest BCUT2D eigenvalue weighted by Gasteiger charge is 2.14. The molecule has 1 aromatic heterocycles. The SMILES string of the molecule is O=C(O)C[C@H](O)c1cccnc1Br. The molecule has 4 nitrogen and oxygen atoms in total. The number of aliphatic carboxylic acids is 1. The Labute approximate surface area is 83.4 Å². The Bertz CT molecular complexity index is 316. The van der Waals surface area contributed by atoms with Gasteiger partial charge >= 0.3 is 5.97 Å². The number of carbonyl (C=O) groups is 1. The Morgan fingerprint density at radius 3 is 2.92 bits per heavy atom. The van der Waals surface area contributed by atoms with E-state index >= 15 is 0 Å². The highest BCUT2D eigenvalue weighted by molar-refractivity contribution is 9.10. The second-order valence-electron chi connectivity index (χ2n) is 2.50. The van der Waals surface area contributed by atoms with Crippen molar-refractivity contribution in [3.05, 3.63) is 28.5 Å². The second-order valence-corrected chi connectivity index (χ2v) is 3.25. The predicted octanol–water partition coefficient (Wildman–Crippen LogP) is 1.35. The Hall–Kier alpha value is -0.940. The molecule has 0 aliphatic carbocycles. The maximum Gasteiger partial charge on any atom is 0.306 e. The number of pyridine rings is 1. The zero-order valence-corrected chi connectivity index (χ0v) is 8.23. The highest BCUT2D eigenvalue weighted by atomic mass is 79.9. The monoisotopic (exact) mass is 245 g/mol. The van der Waals surface area contributed by atoms with Gasteiger partial charge in [0.25, 0.3) is 0 Å². The lowest BCUT2D eigenvalue weighted by atomic mass is 10.1. The summed E-state index contributed by atoms with van der Waals surface area (Å²) in [6.07, 6.45) is 0.228. The molecule has 5 heteroatoms. The minimum Gasteiger partial charge on any atom is -0.481 e. The van der Waals surface area contributed by atoms with E-state index < -0.39 is 12.1 Å². The summed E-state index contributed by atoms with van der Waals surface area (Å²) in [5.41, 5.74) is 0.491. The van der Waals surface area contributed by atoms with Crippen LogP contribution < -0.4 is 0 Å². The summed E-state index contributed by atoms with van der Waals surface area (Å²) in [4.78, 5) is 14.2. The van der Waals surface area contributed by atoms with Gasteiger partial charge in [-0.05, 0) is 22.0 Å². The van der Waals surface area contributed by atoms with Gasteiger partial charge in [0.2, 0.25) is 0 Å². The molecule has 0 amide bonds. The van der Waals surface area contributed by atoms with Crippen molar-refractivity contribution in [2.45, 2.75) is 12.5 Å². The molecule has 1 heterocycles. The first-order chi connectivity index (χ1) is 6.11. The number of aromatic nitrogens is 1. The Morgan fingerprint density at radius 1 is 1.69 bits per heavy atom. The van der Waals surface area contributed by atoms with Crippen molar-refractivity contribution >= 4 is 21.9 Å². The molecule has 2 N–H and O–H groups in total. The van der Waals surface area contributed by atoms with Crippen LogP contribution in [-0.2, 0) is 4.79 Å². The van der Waals surface area contributed by atoms with Crippen molar-refractivity contribution in [3.63, 3.8) is 0 Å². The van der Waals surface area contributed by atoms with E-state index in [1.54, 1.807) is 18.3 Å². The molecular formula is C8H8BrNO3. The largest absolute Gasteiger partial charge is 0.481 e. The van der Waals surface area contributed by atoms with E-state index in [9.17, 15) is 9.90 Å². The van der Waals surface area contributed by atoms with E-state index in [-0.39, 0.29) is 6.42 Å². The van der Waals surface area contributed by atoms with E-state index in [1.165, 1.54) is 0 Å². The summed E-state index contributed by atoms with van der Waals surface area (Å²) in [7, 11) is 0. The van der Waals surface area contributed by atoms with E-state index in [0.717, 1.165) is 0 Å². The molecule has 0 spiro atoms. The zero-order valence-electron chi connectivity index (χ0n) is 6.64. The van der Waals surface area contributed by atoms with Crippen molar-refractivity contribution in [2.24, 2.45) is 0 Å². The lowest BCUT2D eigenvalue weighted by Crippen LogP contribution is -2.06. The topological polar surface area (TPSA) is 70.4 Å². The van der Waals surface area contributed by atoms with E-state index in [2.05, 4.69) is 20.9 Å². The normalized spacial score (nSPS) is 12.5. The third-order valence-corrected chi connectivity index (χ3v) is 2.18. The smallest absolute Gasteiger partial charge is 0.306 e. The van der Waals surface area contributed by atoms with Crippen LogP contribution in [0, 0.1) is 0 Å². The average Bonchev–Trinajstić information content (AvgIpc) is 2.03. The van der Waals surface area contributed by atoms with Crippen molar-refractivity contribution < 1.29 is 15.0 Å². The fourth-order valence-electron chi connectivity index (χ4n) is 0.922. The molecule has 70 valence electrons. The molecule has 0 saturated heterocycles. The molecule has 0 fully saturated rings. The molecule has 13 heavy (non-hydrogen) atoms. The minimum atomic E-state index is -1.04. The van der Waals surface area contributed by atoms with Crippen LogP contribution in [0.4, 0.5) is 0 Å². The van der Waals surface area contributed by atoms with E-state index in [1.807, 2.05) is 0 Å². The number of hydrogen-bond donors (Lipinski definition) is 2. The third kappa shape index (κ3) is 2.78. The maximum absolute atomic E-state index is 10.3. The quantitative estimate of drug-likeness (QED) is 0.790. The molecule has 0 unspecified atom stereocenters. The van der Waals surface area contributed by atoms with Gasteiger partial charge < -0.3 is 10.2 Å². The minimum absolute atomic E-state index is 0.315. The molecule has 1 rings (SSSR count). The molecule has 0 aromatic carbocycles. The van der Waals surface area contributed by atoms with Crippen LogP contribution in [0.3, 0.4) is 0 Å². The first-order valence-electron chi connectivity index (χ1n) is 3.61. The van der Waals surface area contributed by atoms with Crippen LogP contribution in [0.5, 0.6) is 0 Å². The van der Waals surface area contributed by atoms with E-state index in [0.29, 0.717) is 10.2 Å². The van der Waals surface area contributed by atoms with Gasteiger partial charge in [-0.25, -0.2) is 4.98 Å². The van der Waals surface area contributed by atoms with Crippen LogP contribution >= 0.6 is 15.9 Å². The van der Waals surface area contributed by atoms with Gasteiger partial charge in [-0.15, -0.1) is 0 Å².